The van der Waals surface area contributed by atoms with Gasteiger partial charge >= 0.3 is 5.97 Å². The molecule has 1 aliphatic heterocycles. The van der Waals surface area contributed by atoms with Gasteiger partial charge in [0.15, 0.2) is 0 Å². The predicted octanol–water partition coefficient (Wildman–Crippen LogP) is 1.11. The quantitative estimate of drug-likeness (QED) is 0.287. The molecule has 1 aromatic carbocycles. The van der Waals surface area contributed by atoms with Gasteiger partial charge in [-0.1, -0.05) is 0 Å². The number of carboxylic acid groups (broad SMARTS) is 1. The maximum absolute atomic E-state index is 13.0. The van der Waals surface area contributed by atoms with Gasteiger partial charge in [0.2, 0.25) is 5.96 Å². The summed E-state index contributed by atoms with van der Waals surface area (Å²) in [5, 5.41) is 11.5. The van der Waals surface area contributed by atoms with E-state index in [-0.39, 0.29) is 23.8 Å². The molecule has 2 rings (SSSR count). The molecular weight excluding hydrogens is 396 g/mol. The summed E-state index contributed by atoms with van der Waals surface area (Å²) in [5.41, 5.74) is 13.6. The third-order valence-electron chi connectivity index (χ3n) is 5.08. The first kappa shape index (κ1) is 23.0. The fraction of sp³-hybridized carbons (Fsp3) is 0.579. The van der Waals surface area contributed by atoms with Crippen LogP contribution in [-0.4, -0.2) is 43.6 Å². The number of ether oxygens (including phenoxy) is 1. The molecule has 0 spiro atoms. The Morgan fingerprint density at radius 3 is 2.48 bits per heavy atom. The maximum atomic E-state index is 13.0. The molecule has 1 aliphatic rings. The number of guanidine groups is 1. The van der Waals surface area contributed by atoms with E-state index in [0.717, 1.165) is 16.9 Å². The Labute approximate surface area is 171 Å². The van der Waals surface area contributed by atoms with Gasteiger partial charge in [0.1, 0.15) is 17.4 Å². The van der Waals surface area contributed by atoms with E-state index < -0.39 is 27.6 Å². The standard InChI is InChI=1S/C19H30N4O5S/c1-10-11(2)16(12(3)13-9-19(4,5)28-15(10)13)29(26,27)23-18(21)22-8-6-7-14(20)17(24)25/h14H,6-9,20H2,1-5H3,(H,24,25)(H3,21,22,23)/t14-/m0/s1. The molecule has 0 amide bonds. The highest BCUT2D eigenvalue weighted by Gasteiger charge is 2.36. The molecule has 0 aromatic heterocycles. The van der Waals surface area contributed by atoms with Gasteiger partial charge in [-0.15, -0.1) is 4.40 Å². The second-order valence-electron chi connectivity index (χ2n) is 8.02. The van der Waals surface area contributed by atoms with Crippen molar-refractivity contribution < 1.29 is 23.1 Å². The van der Waals surface area contributed by atoms with E-state index in [1.807, 2.05) is 20.8 Å². The molecule has 9 nitrogen and oxygen atoms in total. The van der Waals surface area contributed by atoms with Crippen LogP contribution in [0.3, 0.4) is 0 Å². The summed E-state index contributed by atoms with van der Waals surface area (Å²) in [5.74, 6) is -0.587. The summed E-state index contributed by atoms with van der Waals surface area (Å²) in [4.78, 5) is 10.8. The monoisotopic (exact) mass is 426 g/mol. The fourth-order valence-corrected chi connectivity index (χ4v) is 4.97. The number of carboxylic acids is 1. The van der Waals surface area contributed by atoms with Crippen molar-refractivity contribution in [2.45, 2.75) is 70.4 Å². The van der Waals surface area contributed by atoms with Crippen LogP contribution >= 0.6 is 0 Å². The Hall–Kier alpha value is -2.33. The zero-order chi connectivity index (χ0) is 22.1. The minimum absolute atomic E-state index is 0.146. The highest BCUT2D eigenvalue weighted by atomic mass is 32.2. The van der Waals surface area contributed by atoms with Crippen LogP contribution in [-0.2, 0) is 21.2 Å². The van der Waals surface area contributed by atoms with Crippen LogP contribution in [0.2, 0.25) is 0 Å². The molecule has 0 aliphatic carbocycles. The van der Waals surface area contributed by atoms with Crippen molar-refractivity contribution in [3.63, 3.8) is 0 Å². The summed E-state index contributed by atoms with van der Waals surface area (Å²) in [6.45, 7) is 9.52. The predicted molar refractivity (Wildman–Crippen MR) is 111 cm³/mol. The van der Waals surface area contributed by atoms with Gasteiger partial charge in [0.25, 0.3) is 10.0 Å². The molecule has 1 aromatic rings. The maximum Gasteiger partial charge on any atom is 0.320 e. The van der Waals surface area contributed by atoms with E-state index >= 15 is 0 Å². The van der Waals surface area contributed by atoms with Crippen LogP contribution < -0.4 is 21.5 Å². The summed E-state index contributed by atoms with van der Waals surface area (Å²) in [7, 11) is -4.04. The number of nitrogens with two attached hydrogens (primary N) is 2. The molecule has 162 valence electrons. The Morgan fingerprint density at radius 2 is 1.90 bits per heavy atom. The number of benzene rings is 1. The summed E-state index contributed by atoms with van der Waals surface area (Å²) in [6.07, 6.45) is 1.26. The molecule has 1 heterocycles. The van der Waals surface area contributed by atoms with E-state index in [2.05, 4.69) is 9.71 Å². The second-order valence-corrected chi connectivity index (χ2v) is 9.56. The van der Waals surface area contributed by atoms with Crippen LogP contribution in [0.5, 0.6) is 5.75 Å². The zero-order valence-corrected chi connectivity index (χ0v) is 18.3. The normalized spacial score (nSPS) is 16.8. The number of rotatable bonds is 7. The molecule has 0 radical (unpaired) electrons. The van der Waals surface area contributed by atoms with Crippen molar-refractivity contribution in [3.8, 4) is 5.75 Å². The number of hydrogen-bond donors (Lipinski definition) is 4. The lowest BCUT2D eigenvalue weighted by Gasteiger charge is -2.18. The average molecular weight is 427 g/mol. The van der Waals surface area contributed by atoms with Crippen LogP contribution in [0.25, 0.3) is 0 Å². The number of fused-ring (bicyclic) bond motifs is 1. The molecule has 0 bridgehead atoms. The van der Waals surface area contributed by atoms with Crippen molar-refractivity contribution in [2.24, 2.45) is 15.9 Å². The molecule has 0 unspecified atom stereocenters. The van der Waals surface area contributed by atoms with Crippen molar-refractivity contribution in [1.29, 1.82) is 0 Å². The van der Waals surface area contributed by atoms with Crippen molar-refractivity contribution in [1.82, 2.24) is 5.32 Å². The molecule has 6 N–H and O–H groups in total. The summed E-state index contributed by atoms with van der Waals surface area (Å²) in [6, 6.07) is -0.968. The van der Waals surface area contributed by atoms with Crippen LogP contribution in [0.4, 0.5) is 0 Å². The minimum atomic E-state index is -4.04. The van der Waals surface area contributed by atoms with Crippen molar-refractivity contribution in [2.75, 3.05) is 6.54 Å². The fourth-order valence-electron chi connectivity index (χ4n) is 3.50. The van der Waals surface area contributed by atoms with Crippen molar-refractivity contribution in [3.05, 3.63) is 22.3 Å². The minimum Gasteiger partial charge on any atom is -0.487 e. The van der Waals surface area contributed by atoms with Gasteiger partial charge in [0.05, 0.1) is 4.90 Å². The molecule has 0 saturated carbocycles. The Bertz CT molecular complexity index is 954. The first-order valence-corrected chi connectivity index (χ1v) is 10.8. The Balaban J connectivity index is 2.25. The topological polar surface area (TPSA) is 157 Å². The van der Waals surface area contributed by atoms with E-state index in [1.54, 1.807) is 13.8 Å². The molecule has 0 fully saturated rings. The lowest BCUT2D eigenvalue weighted by molar-refractivity contribution is -0.138. The van der Waals surface area contributed by atoms with Gasteiger partial charge in [-0.05, 0) is 64.2 Å². The first-order valence-electron chi connectivity index (χ1n) is 9.41. The lowest BCUT2D eigenvalue weighted by atomic mass is 9.94. The highest BCUT2D eigenvalue weighted by Crippen LogP contribution is 2.44. The van der Waals surface area contributed by atoms with E-state index in [0.29, 0.717) is 24.0 Å². The first-order chi connectivity index (χ1) is 13.3. The van der Waals surface area contributed by atoms with E-state index in [4.69, 9.17) is 21.3 Å². The number of carbonyl (C=O) groups is 1. The van der Waals surface area contributed by atoms with Crippen LogP contribution in [0.15, 0.2) is 9.29 Å². The SMILES string of the molecule is Cc1c(C)c(S(=O)(=O)N=C(N)NCCC[C@H](N)C(=O)O)c(C)c2c1OC(C)(C)C2. The van der Waals surface area contributed by atoms with Crippen LogP contribution in [0, 0.1) is 20.8 Å². The van der Waals surface area contributed by atoms with Crippen LogP contribution in [0.1, 0.15) is 48.9 Å². The number of sulfonamides is 1. The summed E-state index contributed by atoms with van der Waals surface area (Å²) < 4.78 is 35.7. The number of nitrogens with zero attached hydrogens (tertiary/aromatic N) is 1. The molecule has 29 heavy (non-hydrogen) atoms. The second kappa shape index (κ2) is 8.19. The Morgan fingerprint density at radius 1 is 1.28 bits per heavy atom. The largest absolute Gasteiger partial charge is 0.487 e. The zero-order valence-electron chi connectivity index (χ0n) is 17.5. The smallest absolute Gasteiger partial charge is 0.320 e. The van der Waals surface area contributed by atoms with E-state index in [9.17, 15) is 13.2 Å². The molecule has 0 saturated heterocycles. The molecule has 1 atom stereocenters. The number of hydrogen-bond acceptors (Lipinski definition) is 5. The van der Waals surface area contributed by atoms with Gasteiger partial charge in [-0.25, -0.2) is 0 Å². The third-order valence-corrected chi connectivity index (χ3v) is 6.65. The lowest BCUT2D eigenvalue weighted by Crippen LogP contribution is -2.35. The number of aliphatic carboxylic acids is 1. The van der Waals surface area contributed by atoms with Gasteiger partial charge < -0.3 is 26.6 Å². The van der Waals surface area contributed by atoms with Gasteiger partial charge in [0, 0.05) is 18.5 Å². The van der Waals surface area contributed by atoms with Gasteiger partial charge in [-0.3, -0.25) is 4.79 Å². The Kier molecular flexibility index (Phi) is 6.48. The van der Waals surface area contributed by atoms with Crippen molar-refractivity contribution >= 4 is 22.0 Å². The molecule has 10 heteroatoms. The highest BCUT2D eigenvalue weighted by molar-refractivity contribution is 7.90. The average Bonchev–Trinajstić information content (AvgIpc) is 2.92. The number of nitrogens with one attached hydrogen (secondary N) is 1. The third kappa shape index (κ3) is 4.99. The summed E-state index contributed by atoms with van der Waals surface area (Å²) >= 11 is 0. The van der Waals surface area contributed by atoms with Gasteiger partial charge in [-0.2, -0.15) is 8.42 Å². The molecular formula is C19H30N4O5S. The van der Waals surface area contributed by atoms with E-state index in [1.165, 1.54) is 0 Å².